The number of rotatable bonds is 4. The number of fused-ring (bicyclic) bond motifs is 1. The monoisotopic (exact) mass is 381 g/mol. The molecule has 7 heteroatoms. The average molecular weight is 381 g/mol. The van der Waals surface area contributed by atoms with Crippen LogP contribution in [0.4, 0.5) is 15.9 Å². The van der Waals surface area contributed by atoms with Crippen molar-refractivity contribution in [3.8, 4) is 0 Å². The highest BCUT2D eigenvalue weighted by Crippen LogP contribution is 2.44. The SMILES string of the molecule is CC1(C)O/C(=C2/C(=O)Nc3ccc(F)cc32)C=C1c1ccc(NCCO)nc1. The lowest BCUT2D eigenvalue weighted by Crippen LogP contribution is -2.21. The van der Waals surface area contributed by atoms with Crippen molar-refractivity contribution >= 4 is 28.6 Å². The molecule has 4 rings (SSSR count). The average Bonchev–Trinajstić information content (AvgIpc) is 3.15. The summed E-state index contributed by atoms with van der Waals surface area (Å²) < 4.78 is 19.8. The Morgan fingerprint density at radius 1 is 1.29 bits per heavy atom. The number of nitrogens with one attached hydrogen (secondary N) is 2. The van der Waals surface area contributed by atoms with Crippen LogP contribution in [0.2, 0.25) is 0 Å². The Hall–Kier alpha value is -3.19. The molecule has 28 heavy (non-hydrogen) atoms. The van der Waals surface area contributed by atoms with Crippen molar-refractivity contribution in [2.45, 2.75) is 19.4 Å². The number of ether oxygens (including phenoxy) is 1. The summed E-state index contributed by atoms with van der Waals surface area (Å²) in [6.45, 7) is 4.26. The molecular formula is C21H20FN3O3. The molecule has 2 aliphatic rings. The number of halogens is 1. The van der Waals surface area contributed by atoms with Crippen molar-refractivity contribution in [2.75, 3.05) is 23.8 Å². The van der Waals surface area contributed by atoms with Crippen molar-refractivity contribution in [1.29, 1.82) is 0 Å². The summed E-state index contributed by atoms with van der Waals surface area (Å²) in [4.78, 5) is 16.8. The Morgan fingerprint density at radius 3 is 2.82 bits per heavy atom. The minimum Gasteiger partial charge on any atom is -0.482 e. The number of carbonyl (C=O) groups is 1. The highest BCUT2D eigenvalue weighted by molar-refractivity contribution is 6.32. The van der Waals surface area contributed by atoms with Crippen LogP contribution in [-0.4, -0.2) is 34.8 Å². The second-order valence-corrected chi connectivity index (χ2v) is 7.14. The van der Waals surface area contributed by atoms with Crippen molar-refractivity contribution in [3.63, 3.8) is 0 Å². The molecule has 3 heterocycles. The number of benzene rings is 1. The number of aliphatic hydroxyl groups excluding tert-OH is 1. The van der Waals surface area contributed by atoms with E-state index in [1.807, 2.05) is 32.1 Å². The third kappa shape index (κ3) is 3.14. The number of amides is 1. The number of nitrogens with zero attached hydrogens (tertiary/aromatic N) is 1. The fourth-order valence-electron chi connectivity index (χ4n) is 3.44. The van der Waals surface area contributed by atoms with Gasteiger partial charge in [0.15, 0.2) is 0 Å². The summed E-state index contributed by atoms with van der Waals surface area (Å²) >= 11 is 0. The smallest absolute Gasteiger partial charge is 0.260 e. The molecule has 2 aromatic rings. The van der Waals surface area contributed by atoms with Crippen molar-refractivity contribution in [3.05, 3.63) is 65.3 Å². The van der Waals surface area contributed by atoms with Gasteiger partial charge in [-0.25, -0.2) is 9.37 Å². The van der Waals surface area contributed by atoms with Crippen LogP contribution in [0, 0.1) is 5.82 Å². The number of aromatic nitrogens is 1. The van der Waals surface area contributed by atoms with Gasteiger partial charge in [-0.15, -0.1) is 0 Å². The molecule has 1 aromatic heterocycles. The van der Waals surface area contributed by atoms with E-state index in [1.54, 1.807) is 12.3 Å². The lowest BCUT2D eigenvalue weighted by Gasteiger charge is -2.23. The normalized spacial score (nSPS) is 19.7. The van der Waals surface area contributed by atoms with E-state index in [0.717, 1.165) is 11.1 Å². The first kappa shape index (κ1) is 18.2. The minimum absolute atomic E-state index is 0.0243. The van der Waals surface area contributed by atoms with Gasteiger partial charge in [-0.3, -0.25) is 4.79 Å². The zero-order valence-corrected chi connectivity index (χ0v) is 15.5. The van der Waals surface area contributed by atoms with Crippen LogP contribution >= 0.6 is 0 Å². The maximum absolute atomic E-state index is 13.7. The van der Waals surface area contributed by atoms with E-state index >= 15 is 0 Å². The largest absolute Gasteiger partial charge is 0.482 e. The van der Waals surface area contributed by atoms with Crippen molar-refractivity contribution in [2.24, 2.45) is 0 Å². The first-order valence-corrected chi connectivity index (χ1v) is 8.97. The van der Waals surface area contributed by atoms with E-state index in [-0.39, 0.29) is 12.5 Å². The number of hydrogen-bond acceptors (Lipinski definition) is 5. The maximum atomic E-state index is 13.7. The van der Waals surface area contributed by atoms with E-state index in [2.05, 4.69) is 15.6 Å². The van der Waals surface area contributed by atoms with Crippen LogP contribution in [0.5, 0.6) is 0 Å². The maximum Gasteiger partial charge on any atom is 0.260 e. The molecule has 0 radical (unpaired) electrons. The molecule has 1 amide bonds. The minimum atomic E-state index is -0.680. The van der Waals surface area contributed by atoms with Crippen LogP contribution in [0.1, 0.15) is 25.0 Å². The molecule has 6 nitrogen and oxygen atoms in total. The number of aliphatic hydroxyl groups is 1. The number of carbonyl (C=O) groups excluding carboxylic acids is 1. The lowest BCUT2D eigenvalue weighted by atomic mass is 9.93. The first-order valence-electron chi connectivity index (χ1n) is 8.97. The molecule has 0 atom stereocenters. The van der Waals surface area contributed by atoms with Crippen LogP contribution in [0.3, 0.4) is 0 Å². The van der Waals surface area contributed by atoms with Gasteiger partial charge < -0.3 is 20.5 Å². The Kier molecular flexibility index (Phi) is 4.39. The molecule has 144 valence electrons. The Labute approximate surface area is 161 Å². The van der Waals surface area contributed by atoms with Crippen LogP contribution in [0.25, 0.3) is 11.1 Å². The quantitative estimate of drug-likeness (QED) is 0.709. The fraction of sp³-hybridized carbons (Fsp3) is 0.238. The van der Waals surface area contributed by atoms with E-state index in [1.165, 1.54) is 12.1 Å². The van der Waals surface area contributed by atoms with E-state index in [9.17, 15) is 9.18 Å². The molecule has 0 saturated carbocycles. The summed E-state index contributed by atoms with van der Waals surface area (Å²) in [5, 5.41) is 14.6. The molecule has 0 aliphatic carbocycles. The molecule has 2 aliphatic heterocycles. The zero-order chi connectivity index (χ0) is 19.9. The van der Waals surface area contributed by atoms with Crippen LogP contribution < -0.4 is 10.6 Å². The predicted octanol–water partition coefficient (Wildman–Crippen LogP) is 3.18. The van der Waals surface area contributed by atoms with Crippen molar-refractivity contribution < 1.29 is 19.0 Å². The number of pyridine rings is 1. The van der Waals surface area contributed by atoms with Crippen LogP contribution in [0.15, 0.2) is 48.4 Å². The van der Waals surface area contributed by atoms with Gasteiger partial charge in [0.2, 0.25) is 0 Å². The molecule has 1 aromatic carbocycles. The van der Waals surface area contributed by atoms with E-state index < -0.39 is 11.4 Å². The molecule has 0 bridgehead atoms. The third-order valence-corrected chi connectivity index (χ3v) is 4.75. The summed E-state index contributed by atoms with van der Waals surface area (Å²) in [6, 6.07) is 7.91. The second kappa shape index (κ2) is 6.76. The second-order valence-electron chi connectivity index (χ2n) is 7.14. The van der Waals surface area contributed by atoms with Gasteiger partial charge in [-0.05, 0) is 50.3 Å². The lowest BCUT2D eigenvalue weighted by molar-refractivity contribution is -0.111. The summed E-state index contributed by atoms with van der Waals surface area (Å²) in [6.07, 6.45) is 3.53. The molecule has 0 fully saturated rings. The topological polar surface area (TPSA) is 83.5 Å². The predicted molar refractivity (Wildman–Crippen MR) is 105 cm³/mol. The van der Waals surface area contributed by atoms with Gasteiger partial charge in [-0.2, -0.15) is 0 Å². The molecule has 3 N–H and O–H groups in total. The van der Waals surface area contributed by atoms with Gasteiger partial charge in [-0.1, -0.05) is 0 Å². The molecule has 0 spiro atoms. The third-order valence-electron chi connectivity index (χ3n) is 4.75. The van der Waals surface area contributed by atoms with Crippen LogP contribution in [-0.2, 0) is 9.53 Å². The Bertz CT molecular complexity index is 1010. The first-order chi connectivity index (χ1) is 13.4. The summed E-state index contributed by atoms with van der Waals surface area (Å²) in [7, 11) is 0. The zero-order valence-electron chi connectivity index (χ0n) is 15.5. The molecule has 0 saturated heterocycles. The highest BCUT2D eigenvalue weighted by atomic mass is 19.1. The molecular weight excluding hydrogens is 361 g/mol. The molecule has 0 unspecified atom stereocenters. The Balaban J connectivity index is 1.74. The standard InChI is InChI=1S/C21H20FN3O3/c1-21(2)15(12-3-6-18(24-11-12)23-7-8-26)10-17(28-21)19-14-9-13(22)4-5-16(14)25-20(19)27/h3-6,9-11,26H,7-8H2,1-2H3,(H,23,24)(H,25,27)/b19-17+. The van der Waals surface area contributed by atoms with Gasteiger partial charge in [0, 0.05) is 35.1 Å². The highest BCUT2D eigenvalue weighted by Gasteiger charge is 2.38. The summed E-state index contributed by atoms with van der Waals surface area (Å²) in [5.74, 6) is 0.341. The van der Waals surface area contributed by atoms with Gasteiger partial charge in [0.1, 0.15) is 23.0 Å². The Morgan fingerprint density at radius 2 is 2.11 bits per heavy atom. The van der Waals surface area contributed by atoms with Crippen molar-refractivity contribution in [1.82, 2.24) is 4.98 Å². The number of allylic oxidation sites excluding steroid dienone is 1. The van der Waals surface area contributed by atoms with Gasteiger partial charge in [0.25, 0.3) is 5.91 Å². The van der Waals surface area contributed by atoms with E-state index in [4.69, 9.17) is 9.84 Å². The van der Waals surface area contributed by atoms with E-state index in [0.29, 0.717) is 34.9 Å². The fourth-order valence-corrected chi connectivity index (χ4v) is 3.44. The van der Waals surface area contributed by atoms with Gasteiger partial charge >= 0.3 is 0 Å². The number of hydrogen-bond donors (Lipinski definition) is 3. The number of anilines is 2. The van der Waals surface area contributed by atoms with Gasteiger partial charge in [0.05, 0.1) is 12.2 Å². The summed E-state index contributed by atoms with van der Waals surface area (Å²) in [5.41, 5.74) is 2.43.